The molecule has 0 atom stereocenters. The molecule has 0 aliphatic heterocycles. The Bertz CT molecular complexity index is 544. The van der Waals surface area contributed by atoms with Crippen LogP contribution in [0.2, 0.25) is 0 Å². The number of hydrogen-bond donors (Lipinski definition) is 0. The van der Waals surface area contributed by atoms with Gasteiger partial charge in [-0.2, -0.15) is 0 Å². The summed E-state index contributed by atoms with van der Waals surface area (Å²) in [5.41, 5.74) is 2.27. The van der Waals surface area contributed by atoms with Gasteiger partial charge in [0.15, 0.2) is 5.82 Å². The van der Waals surface area contributed by atoms with Crippen LogP contribution >= 0.6 is 0 Å². The van der Waals surface area contributed by atoms with Gasteiger partial charge in [-0.05, 0) is 22.9 Å². The first-order chi connectivity index (χ1) is 8.58. The van der Waals surface area contributed by atoms with Crippen LogP contribution in [-0.4, -0.2) is 45.2 Å². The van der Waals surface area contributed by atoms with E-state index in [0.717, 1.165) is 5.56 Å². The molecule has 18 heavy (non-hydrogen) atoms. The molecule has 0 N–H and O–H groups in total. The number of nitrogens with zero attached hydrogens (tertiary/aromatic N) is 5. The fourth-order valence-corrected chi connectivity index (χ4v) is 1.54. The second-order valence-electron chi connectivity index (χ2n) is 4.35. The Morgan fingerprint density at radius 3 is 2.56 bits per heavy atom. The first-order valence-corrected chi connectivity index (χ1v) is 5.62. The van der Waals surface area contributed by atoms with Crippen LogP contribution in [-0.2, 0) is 6.42 Å². The summed E-state index contributed by atoms with van der Waals surface area (Å²) in [5, 5.41) is 11.2. The molecule has 1 aromatic heterocycles. The lowest BCUT2D eigenvalue weighted by molar-refractivity contribution is 0.214. The molecule has 1 amide bonds. The van der Waals surface area contributed by atoms with Gasteiger partial charge in [-0.1, -0.05) is 29.8 Å². The number of benzene rings is 1. The lowest BCUT2D eigenvalue weighted by Crippen LogP contribution is -2.29. The molecule has 0 saturated heterocycles. The SMILES string of the molecule is Cc1ccc(Cc2nnnn2C(=O)N(C)C)cc1. The monoisotopic (exact) mass is 245 g/mol. The number of rotatable bonds is 2. The summed E-state index contributed by atoms with van der Waals surface area (Å²) in [6.45, 7) is 2.03. The normalized spacial score (nSPS) is 10.4. The van der Waals surface area contributed by atoms with Crippen LogP contribution in [0.3, 0.4) is 0 Å². The minimum absolute atomic E-state index is 0.248. The number of carbonyl (C=O) groups is 1. The third-order valence-electron chi connectivity index (χ3n) is 2.58. The second-order valence-corrected chi connectivity index (χ2v) is 4.35. The van der Waals surface area contributed by atoms with E-state index in [1.54, 1.807) is 14.1 Å². The summed E-state index contributed by atoms with van der Waals surface area (Å²) >= 11 is 0. The number of aromatic nitrogens is 4. The minimum Gasteiger partial charge on any atom is -0.329 e. The molecule has 6 nitrogen and oxygen atoms in total. The zero-order valence-electron chi connectivity index (χ0n) is 10.7. The van der Waals surface area contributed by atoms with Crippen LogP contribution in [0.5, 0.6) is 0 Å². The molecule has 0 radical (unpaired) electrons. The van der Waals surface area contributed by atoms with E-state index in [1.165, 1.54) is 15.1 Å². The van der Waals surface area contributed by atoms with E-state index in [9.17, 15) is 4.79 Å². The largest absolute Gasteiger partial charge is 0.347 e. The van der Waals surface area contributed by atoms with E-state index >= 15 is 0 Å². The van der Waals surface area contributed by atoms with Crippen LogP contribution in [0.15, 0.2) is 24.3 Å². The topological polar surface area (TPSA) is 63.9 Å². The quantitative estimate of drug-likeness (QED) is 0.743. The third-order valence-corrected chi connectivity index (χ3v) is 2.58. The molecule has 1 heterocycles. The molecule has 0 fully saturated rings. The van der Waals surface area contributed by atoms with E-state index < -0.39 is 0 Å². The summed E-state index contributed by atoms with van der Waals surface area (Å²) in [6.07, 6.45) is 0.535. The number of carbonyl (C=O) groups excluding carboxylic acids is 1. The van der Waals surface area contributed by atoms with E-state index in [2.05, 4.69) is 15.5 Å². The lowest BCUT2D eigenvalue weighted by Gasteiger charge is -2.10. The zero-order chi connectivity index (χ0) is 13.1. The van der Waals surface area contributed by atoms with Gasteiger partial charge >= 0.3 is 6.03 Å². The van der Waals surface area contributed by atoms with Crippen molar-refractivity contribution in [2.45, 2.75) is 13.3 Å². The summed E-state index contributed by atoms with van der Waals surface area (Å²) in [5.74, 6) is 0.539. The second kappa shape index (κ2) is 4.95. The van der Waals surface area contributed by atoms with E-state index in [-0.39, 0.29) is 6.03 Å². The molecule has 0 bridgehead atoms. The molecular weight excluding hydrogens is 230 g/mol. The van der Waals surface area contributed by atoms with Crippen molar-refractivity contribution in [2.75, 3.05) is 14.1 Å². The van der Waals surface area contributed by atoms with Crippen molar-refractivity contribution < 1.29 is 4.79 Å². The maximum Gasteiger partial charge on any atom is 0.347 e. The van der Waals surface area contributed by atoms with Crippen LogP contribution in [0, 0.1) is 6.92 Å². The van der Waals surface area contributed by atoms with Gasteiger partial charge in [-0.15, -0.1) is 9.78 Å². The average Bonchev–Trinajstić information content (AvgIpc) is 2.79. The van der Waals surface area contributed by atoms with Crippen molar-refractivity contribution in [3.63, 3.8) is 0 Å². The van der Waals surface area contributed by atoms with Crippen LogP contribution < -0.4 is 0 Å². The molecule has 0 unspecified atom stereocenters. The molecule has 6 heteroatoms. The predicted octanol–water partition coefficient (Wildman–Crippen LogP) is 1.10. The Labute approximate surface area is 105 Å². The van der Waals surface area contributed by atoms with Crippen LogP contribution in [0.25, 0.3) is 0 Å². The highest BCUT2D eigenvalue weighted by molar-refractivity contribution is 5.75. The van der Waals surface area contributed by atoms with Crippen molar-refractivity contribution in [3.8, 4) is 0 Å². The Morgan fingerprint density at radius 2 is 1.94 bits per heavy atom. The molecule has 2 aromatic rings. The van der Waals surface area contributed by atoms with E-state index in [1.807, 2.05) is 31.2 Å². The van der Waals surface area contributed by atoms with Gasteiger partial charge in [0.25, 0.3) is 0 Å². The molecule has 0 saturated carbocycles. The van der Waals surface area contributed by atoms with Gasteiger partial charge in [-0.3, -0.25) is 0 Å². The Kier molecular flexibility index (Phi) is 3.36. The molecule has 1 aromatic carbocycles. The molecule has 0 spiro atoms. The summed E-state index contributed by atoms with van der Waals surface area (Å²) in [4.78, 5) is 13.3. The zero-order valence-corrected chi connectivity index (χ0v) is 10.7. The first kappa shape index (κ1) is 12.2. The molecular formula is C12H15N5O. The lowest BCUT2D eigenvalue weighted by atomic mass is 10.1. The molecule has 0 aliphatic carbocycles. The van der Waals surface area contributed by atoms with Crippen molar-refractivity contribution in [1.82, 2.24) is 25.1 Å². The Hall–Kier alpha value is -2.24. The van der Waals surface area contributed by atoms with Crippen molar-refractivity contribution in [2.24, 2.45) is 0 Å². The predicted molar refractivity (Wildman–Crippen MR) is 66.3 cm³/mol. The highest BCUT2D eigenvalue weighted by Crippen LogP contribution is 2.08. The van der Waals surface area contributed by atoms with Crippen LogP contribution in [0.1, 0.15) is 17.0 Å². The van der Waals surface area contributed by atoms with Gasteiger partial charge in [0.05, 0.1) is 0 Å². The van der Waals surface area contributed by atoms with Gasteiger partial charge in [0.1, 0.15) is 0 Å². The highest BCUT2D eigenvalue weighted by atomic mass is 16.2. The average molecular weight is 245 g/mol. The number of amides is 1. The Balaban J connectivity index is 2.22. The maximum absolute atomic E-state index is 11.8. The fraction of sp³-hybridized carbons (Fsp3) is 0.333. The van der Waals surface area contributed by atoms with Crippen molar-refractivity contribution in [3.05, 3.63) is 41.2 Å². The van der Waals surface area contributed by atoms with Gasteiger partial charge in [0, 0.05) is 20.5 Å². The van der Waals surface area contributed by atoms with E-state index in [0.29, 0.717) is 12.2 Å². The highest BCUT2D eigenvalue weighted by Gasteiger charge is 2.15. The van der Waals surface area contributed by atoms with Gasteiger partial charge in [0.2, 0.25) is 0 Å². The summed E-state index contributed by atoms with van der Waals surface area (Å²) in [7, 11) is 3.33. The van der Waals surface area contributed by atoms with Crippen molar-refractivity contribution >= 4 is 6.03 Å². The van der Waals surface area contributed by atoms with Gasteiger partial charge in [-0.25, -0.2) is 4.79 Å². The number of tetrazole rings is 1. The van der Waals surface area contributed by atoms with Crippen LogP contribution in [0.4, 0.5) is 4.79 Å². The standard InChI is InChI=1S/C12H15N5O/c1-9-4-6-10(7-5-9)8-11-13-14-15-17(11)12(18)16(2)3/h4-7H,8H2,1-3H3. The molecule has 2 rings (SSSR count). The summed E-state index contributed by atoms with van der Waals surface area (Å²) < 4.78 is 1.22. The first-order valence-electron chi connectivity index (χ1n) is 5.62. The maximum atomic E-state index is 11.8. The molecule has 94 valence electrons. The number of aryl methyl sites for hydroxylation is 1. The smallest absolute Gasteiger partial charge is 0.329 e. The molecule has 0 aliphatic rings. The number of hydrogen-bond acceptors (Lipinski definition) is 4. The van der Waals surface area contributed by atoms with Crippen molar-refractivity contribution in [1.29, 1.82) is 0 Å². The Morgan fingerprint density at radius 1 is 1.28 bits per heavy atom. The van der Waals surface area contributed by atoms with Gasteiger partial charge < -0.3 is 4.90 Å². The van der Waals surface area contributed by atoms with E-state index in [4.69, 9.17) is 0 Å². The third kappa shape index (κ3) is 2.53. The fourth-order valence-electron chi connectivity index (χ4n) is 1.54. The minimum atomic E-state index is -0.248. The summed E-state index contributed by atoms with van der Waals surface area (Å²) in [6, 6.07) is 7.82.